The molecule has 114 valence electrons. The molecule has 1 aliphatic carbocycles. The number of hydrogen-bond donors (Lipinski definition) is 2. The number of allylic oxidation sites excluding steroid dienone is 1. The van der Waals surface area contributed by atoms with Gasteiger partial charge in [0, 0.05) is 23.8 Å². The maximum absolute atomic E-state index is 8.08. The van der Waals surface area contributed by atoms with Crippen molar-refractivity contribution >= 4 is 11.0 Å². The normalized spacial score (nSPS) is 21.9. The van der Waals surface area contributed by atoms with Gasteiger partial charge in [-0.15, -0.1) is 6.58 Å². The molecule has 0 spiro atoms. The second-order valence-corrected chi connectivity index (χ2v) is 5.98. The minimum Gasteiger partial charge on any atom is -0.366 e. The van der Waals surface area contributed by atoms with Crippen LogP contribution < -0.4 is 0 Å². The van der Waals surface area contributed by atoms with Crippen LogP contribution in [0.1, 0.15) is 39.2 Å². The van der Waals surface area contributed by atoms with E-state index in [0.717, 1.165) is 11.0 Å². The van der Waals surface area contributed by atoms with E-state index in [2.05, 4.69) is 39.5 Å². The minimum atomic E-state index is -1.50. The molecule has 2 N–H and O–H groups in total. The second-order valence-electron chi connectivity index (χ2n) is 5.98. The van der Waals surface area contributed by atoms with E-state index < -0.39 is 5.79 Å². The average molecular weight is 289 g/mol. The first-order valence-electron chi connectivity index (χ1n) is 7.22. The second kappa shape index (κ2) is 6.37. The van der Waals surface area contributed by atoms with Gasteiger partial charge in [0.2, 0.25) is 0 Å². The van der Waals surface area contributed by atoms with E-state index in [1.54, 1.807) is 6.33 Å². The van der Waals surface area contributed by atoms with E-state index in [-0.39, 0.29) is 0 Å². The third-order valence-corrected chi connectivity index (χ3v) is 3.55. The minimum absolute atomic E-state index is 0.579. The Hall–Kier alpha value is -1.72. The highest BCUT2D eigenvalue weighted by Gasteiger charge is 2.24. The number of fused-ring (bicyclic) bond motifs is 1. The average Bonchev–Trinajstić information content (AvgIpc) is 3.02. The Morgan fingerprint density at radius 1 is 1.38 bits per heavy atom. The summed E-state index contributed by atoms with van der Waals surface area (Å²) in [5.74, 6) is -0.829. The first-order valence-corrected chi connectivity index (χ1v) is 7.22. The highest BCUT2D eigenvalue weighted by atomic mass is 16.5. The molecule has 3 rings (SSSR count). The summed E-state index contributed by atoms with van der Waals surface area (Å²) in [6.07, 6.45) is 11.4. The van der Waals surface area contributed by atoms with Crippen LogP contribution in [0.15, 0.2) is 37.4 Å². The van der Waals surface area contributed by atoms with Crippen molar-refractivity contribution in [3.05, 3.63) is 37.4 Å². The van der Waals surface area contributed by atoms with E-state index in [0.29, 0.717) is 12.0 Å². The standard InChI is InChI=1S/C13H15N3.C3H8O2/c1-2-10-3-4-12(7-10)16-6-5-11-8-14-9-15-13(11)16;1-3(2,4)5/h2,5-6,8-10,12H,1,3-4,7H2;4-5H,1-2H3. The van der Waals surface area contributed by atoms with Gasteiger partial charge in [0.05, 0.1) is 0 Å². The van der Waals surface area contributed by atoms with Crippen molar-refractivity contribution in [2.75, 3.05) is 0 Å². The zero-order chi connectivity index (χ0) is 15.5. The lowest BCUT2D eigenvalue weighted by Crippen LogP contribution is -2.15. The number of hydrogen-bond acceptors (Lipinski definition) is 4. The molecule has 5 nitrogen and oxygen atoms in total. The lowest BCUT2D eigenvalue weighted by molar-refractivity contribution is -0.127. The maximum atomic E-state index is 8.08. The molecule has 0 aliphatic heterocycles. The molecule has 21 heavy (non-hydrogen) atoms. The highest BCUT2D eigenvalue weighted by Crippen LogP contribution is 2.36. The van der Waals surface area contributed by atoms with Crippen molar-refractivity contribution in [3.63, 3.8) is 0 Å². The van der Waals surface area contributed by atoms with Crippen molar-refractivity contribution in [1.29, 1.82) is 0 Å². The van der Waals surface area contributed by atoms with Crippen molar-refractivity contribution in [2.45, 2.75) is 44.9 Å². The lowest BCUT2D eigenvalue weighted by Gasteiger charge is -2.12. The van der Waals surface area contributed by atoms with Crippen LogP contribution in [0, 0.1) is 5.92 Å². The summed E-state index contributed by atoms with van der Waals surface area (Å²) >= 11 is 0. The molecule has 0 amide bonds. The number of aliphatic hydroxyl groups is 2. The van der Waals surface area contributed by atoms with Gasteiger partial charge in [0.15, 0.2) is 5.79 Å². The Morgan fingerprint density at radius 2 is 2.10 bits per heavy atom. The molecule has 1 aliphatic rings. The van der Waals surface area contributed by atoms with Gasteiger partial charge < -0.3 is 14.8 Å². The zero-order valence-corrected chi connectivity index (χ0v) is 12.6. The first kappa shape index (κ1) is 15.7. The van der Waals surface area contributed by atoms with Crippen LogP contribution in [-0.2, 0) is 0 Å². The van der Waals surface area contributed by atoms with Gasteiger partial charge in [-0.3, -0.25) is 0 Å². The summed E-state index contributed by atoms with van der Waals surface area (Å²) in [7, 11) is 0. The summed E-state index contributed by atoms with van der Waals surface area (Å²) in [6, 6.07) is 2.67. The maximum Gasteiger partial charge on any atom is 0.156 e. The zero-order valence-electron chi connectivity index (χ0n) is 12.6. The van der Waals surface area contributed by atoms with Crippen LogP contribution in [0.5, 0.6) is 0 Å². The Balaban J connectivity index is 0.000000282. The predicted octanol–water partition coefficient (Wildman–Crippen LogP) is 2.67. The number of aromatic nitrogens is 3. The number of rotatable bonds is 2. The number of nitrogens with zero attached hydrogens (tertiary/aromatic N) is 3. The SMILES string of the molecule is C=CC1CCC(n2ccc3cncnc32)C1.CC(C)(O)O. The summed E-state index contributed by atoms with van der Waals surface area (Å²) in [5, 5.41) is 17.3. The molecule has 2 heterocycles. The van der Waals surface area contributed by atoms with E-state index in [4.69, 9.17) is 10.2 Å². The van der Waals surface area contributed by atoms with Crippen LogP contribution in [-0.4, -0.2) is 30.5 Å². The van der Waals surface area contributed by atoms with E-state index in [9.17, 15) is 0 Å². The largest absolute Gasteiger partial charge is 0.366 e. The topological polar surface area (TPSA) is 71.2 Å². The van der Waals surface area contributed by atoms with Crippen LogP contribution in [0.2, 0.25) is 0 Å². The van der Waals surface area contributed by atoms with Gasteiger partial charge in [-0.05, 0) is 45.1 Å². The molecule has 0 bridgehead atoms. The molecule has 1 fully saturated rings. The fourth-order valence-corrected chi connectivity index (χ4v) is 2.65. The van der Waals surface area contributed by atoms with Crippen LogP contribution in [0.4, 0.5) is 0 Å². The third kappa shape index (κ3) is 4.37. The molecular weight excluding hydrogens is 266 g/mol. The summed E-state index contributed by atoms with van der Waals surface area (Å²) in [4.78, 5) is 8.41. The van der Waals surface area contributed by atoms with Crippen molar-refractivity contribution in [1.82, 2.24) is 14.5 Å². The highest BCUT2D eigenvalue weighted by molar-refractivity contribution is 5.74. The molecule has 2 aromatic rings. The van der Waals surface area contributed by atoms with E-state index >= 15 is 0 Å². The quantitative estimate of drug-likeness (QED) is 0.658. The molecule has 2 aromatic heterocycles. The fourth-order valence-electron chi connectivity index (χ4n) is 2.65. The summed E-state index contributed by atoms with van der Waals surface area (Å²) in [6.45, 7) is 6.48. The fraction of sp³-hybridized carbons (Fsp3) is 0.500. The molecule has 0 saturated heterocycles. The Bertz CT molecular complexity index is 595. The molecular formula is C16H23N3O2. The molecule has 0 radical (unpaired) electrons. The van der Waals surface area contributed by atoms with Crippen molar-refractivity contribution in [2.24, 2.45) is 5.92 Å². The smallest absolute Gasteiger partial charge is 0.156 e. The Morgan fingerprint density at radius 3 is 2.71 bits per heavy atom. The molecule has 2 unspecified atom stereocenters. The summed E-state index contributed by atoms with van der Waals surface area (Å²) < 4.78 is 2.29. The summed E-state index contributed by atoms with van der Waals surface area (Å²) in [5.41, 5.74) is 1.06. The lowest BCUT2D eigenvalue weighted by atomic mass is 10.1. The van der Waals surface area contributed by atoms with Gasteiger partial charge in [0.1, 0.15) is 12.0 Å². The van der Waals surface area contributed by atoms with Crippen LogP contribution >= 0.6 is 0 Å². The monoisotopic (exact) mass is 289 g/mol. The molecule has 5 heteroatoms. The predicted molar refractivity (Wildman–Crippen MR) is 82.6 cm³/mol. The van der Waals surface area contributed by atoms with Crippen molar-refractivity contribution in [3.8, 4) is 0 Å². The van der Waals surface area contributed by atoms with Crippen molar-refractivity contribution < 1.29 is 10.2 Å². The van der Waals surface area contributed by atoms with Gasteiger partial charge in [-0.25, -0.2) is 9.97 Å². The third-order valence-electron chi connectivity index (χ3n) is 3.55. The van der Waals surface area contributed by atoms with Crippen LogP contribution in [0.3, 0.4) is 0 Å². The van der Waals surface area contributed by atoms with Gasteiger partial charge in [-0.1, -0.05) is 6.08 Å². The van der Waals surface area contributed by atoms with Gasteiger partial charge in [0.25, 0.3) is 0 Å². The molecule has 1 saturated carbocycles. The first-order chi connectivity index (χ1) is 9.88. The molecule has 0 aromatic carbocycles. The Labute approximate surface area is 125 Å². The van der Waals surface area contributed by atoms with E-state index in [1.165, 1.54) is 33.1 Å². The molecule has 2 atom stereocenters. The van der Waals surface area contributed by atoms with Crippen LogP contribution in [0.25, 0.3) is 11.0 Å². The van der Waals surface area contributed by atoms with Gasteiger partial charge >= 0.3 is 0 Å². The van der Waals surface area contributed by atoms with Gasteiger partial charge in [-0.2, -0.15) is 0 Å². The Kier molecular flexibility index (Phi) is 4.75. The van der Waals surface area contributed by atoms with E-state index in [1.807, 2.05) is 6.20 Å².